The third-order valence-corrected chi connectivity index (χ3v) is 8.55. The molecule has 2 fully saturated rings. The zero-order valence-electron chi connectivity index (χ0n) is 23.0. The third-order valence-electron chi connectivity index (χ3n) is 8.55. The standard InChI is InChI=1S/C32H40N4O2/c1-4-21(2)31(37)35-30(24-13-6-5-7-14-24)32(38)36-19-11-18-29(36)28-20-27(33-22(3)34-28)26-17-10-15-23-12-8-9-16-25(23)26/h8-10,12,15-17,20-21,24,29-30H,4-7,11,13-14,18-19H2,1-3H3,(H,35,37). The molecule has 1 aliphatic heterocycles. The maximum atomic E-state index is 14.2. The average molecular weight is 513 g/mol. The van der Waals surface area contributed by atoms with Crippen molar-refractivity contribution in [3.8, 4) is 11.3 Å². The Morgan fingerprint density at radius 2 is 1.76 bits per heavy atom. The van der Waals surface area contributed by atoms with Crippen molar-refractivity contribution in [3.63, 3.8) is 0 Å². The molecule has 3 atom stereocenters. The predicted octanol–water partition coefficient (Wildman–Crippen LogP) is 6.38. The molecule has 1 aliphatic carbocycles. The molecule has 2 heterocycles. The number of fused-ring (bicyclic) bond motifs is 1. The van der Waals surface area contributed by atoms with Gasteiger partial charge in [0.05, 0.1) is 17.4 Å². The first-order valence-corrected chi connectivity index (χ1v) is 14.4. The first kappa shape index (κ1) is 26.3. The van der Waals surface area contributed by atoms with E-state index in [2.05, 4.69) is 47.8 Å². The Balaban J connectivity index is 1.46. The van der Waals surface area contributed by atoms with Crippen LogP contribution in [0.15, 0.2) is 48.5 Å². The number of hydrogen-bond donors (Lipinski definition) is 1. The number of carbonyl (C=O) groups is 2. The number of aromatic nitrogens is 2. The molecule has 1 aromatic heterocycles. The number of benzene rings is 2. The van der Waals surface area contributed by atoms with Crippen LogP contribution in [-0.2, 0) is 9.59 Å². The van der Waals surface area contributed by atoms with Crippen LogP contribution in [0.1, 0.15) is 82.8 Å². The quantitative estimate of drug-likeness (QED) is 0.399. The molecule has 5 rings (SSSR count). The lowest BCUT2D eigenvalue weighted by atomic mass is 9.83. The van der Waals surface area contributed by atoms with E-state index in [1.807, 2.05) is 31.7 Å². The highest BCUT2D eigenvalue weighted by Gasteiger charge is 2.39. The number of amides is 2. The molecule has 0 spiro atoms. The lowest BCUT2D eigenvalue weighted by Crippen LogP contribution is -2.53. The van der Waals surface area contributed by atoms with Gasteiger partial charge in [0.2, 0.25) is 11.8 Å². The van der Waals surface area contributed by atoms with Crippen molar-refractivity contribution in [2.24, 2.45) is 11.8 Å². The van der Waals surface area contributed by atoms with Gasteiger partial charge in [-0.3, -0.25) is 9.59 Å². The Bertz CT molecular complexity index is 1290. The second-order valence-electron chi connectivity index (χ2n) is 11.1. The van der Waals surface area contributed by atoms with Gasteiger partial charge in [-0.1, -0.05) is 75.6 Å². The minimum Gasteiger partial charge on any atom is -0.344 e. The van der Waals surface area contributed by atoms with Gasteiger partial charge in [-0.15, -0.1) is 0 Å². The molecular weight excluding hydrogens is 472 g/mol. The molecule has 2 aliphatic rings. The SMILES string of the molecule is CCC(C)C(=O)NC(C(=O)N1CCCC1c1cc(-c2cccc3ccccc23)nc(C)n1)C1CCCCC1. The summed E-state index contributed by atoms with van der Waals surface area (Å²) in [6, 6.07) is 16.1. The molecule has 2 aromatic carbocycles. The van der Waals surface area contributed by atoms with Gasteiger partial charge in [0.1, 0.15) is 11.9 Å². The van der Waals surface area contributed by atoms with Crippen LogP contribution in [0.25, 0.3) is 22.0 Å². The van der Waals surface area contributed by atoms with Crippen LogP contribution in [0, 0.1) is 18.8 Å². The first-order valence-electron chi connectivity index (χ1n) is 14.4. The van der Waals surface area contributed by atoms with Crippen molar-refractivity contribution >= 4 is 22.6 Å². The molecule has 38 heavy (non-hydrogen) atoms. The molecule has 200 valence electrons. The number of likely N-dealkylation sites (tertiary alicyclic amines) is 1. The molecule has 1 saturated heterocycles. The molecule has 6 heteroatoms. The number of rotatable bonds is 7. The highest BCUT2D eigenvalue weighted by Crippen LogP contribution is 2.36. The van der Waals surface area contributed by atoms with E-state index in [1.165, 1.54) is 11.8 Å². The number of nitrogens with zero attached hydrogens (tertiary/aromatic N) is 3. The van der Waals surface area contributed by atoms with E-state index >= 15 is 0 Å². The summed E-state index contributed by atoms with van der Waals surface area (Å²) in [7, 11) is 0. The maximum absolute atomic E-state index is 14.2. The molecule has 2 amide bonds. The number of carbonyl (C=O) groups excluding carboxylic acids is 2. The van der Waals surface area contributed by atoms with Crippen LogP contribution in [0.5, 0.6) is 0 Å². The molecule has 3 unspecified atom stereocenters. The first-order chi connectivity index (χ1) is 18.5. The Hall–Kier alpha value is -3.28. The van der Waals surface area contributed by atoms with Gasteiger partial charge in [-0.05, 0) is 61.8 Å². The zero-order valence-corrected chi connectivity index (χ0v) is 23.0. The fraction of sp³-hybridized carbons (Fsp3) is 0.500. The largest absolute Gasteiger partial charge is 0.344 e. The van der Waals surface area contributed by atoms with E-state index in [9.17, 15) is 9.59 Å². The van der Waals surface area contributed by atoms with Crippen LogP contribution >= 0.6 is 0 Å². The van der Waals surface area contributed by atoms with Crippen LogP contribution < -0.4 is 5.32 Å². The maximum Gasteiger partial charge on any atom is 0.246 e. The van der Waals surface area contributed by atoms with E-state index in [0.717, 1.165) is 67.3 Å². The molecule has 1 saturated carbocycles. The molecule has 1 N–H and O–H groups in total. The minimum atomic E-state index is -0.460. The Kier molecular flexibility index (Phi) is 8.06. The van der Waals surface area contributed by atoms with E-state index in [4.69, 9.17) is 9.97 Å². The van der Waals surface area contributed by atoms with Crippen LogP contribution in [0.3, 0.4) is 0 Å². The number of hydrogen-bond acceptors (Lipinski definition) is 4. The summed E-state index contributed by atoms with van der Waals surface area (Å²) in [4.78, 5) is 38.7. The van der Waals surface area contributed by atoms with E-state index in [1.54, 1.807) is 0 Å². The highest BCUT2D eigenvalue weighted by atomic mass is 16.2. The van der Waals surface area contributed by atoms with Gasteiger partial charge in [0.15, 0.2) is 0 Å². The smallest absolute Gasteiger partial charge is 0.246 e. The third kappa shape index (κ3) is 5.45. The molecule has 6 nitrogen and oxygen atoms in total. The normalized spacial score (nSPS) is 19.9. The lowest BCUT2D eigenvalue weighted by Gasteiger charge is -2.35. The lowest BCUT2D eigenvalue weighted by molar-refractivity contribution is -0.140. The summed E-state index contributed by atoms with van der Waals surface area (Å²) >= 11 is 0. The van der Waals surface area contributed by atoms with Crippen LogP contribution in [-0.4, -0.2) is 39.3 Å². The number of aryl methyl sites for hydroxylation is 1. The summed E-state index contributed by atoms with van der Waals surface area (Å²) in [5.41, 5.74) is 2.85. The zero-order chi connectivity index (χ0) is 26.6. The second kappa shape index (κ2) is 11.6. The van der Waals surface area contributed by atoms with Gasteiger partial charge in [-0.25, -0.2) is 9.97 Å². The van der Waals surface area contributed by atoms with Crippen molar-refractivity contribution < 1.29 is 9.59 Å². The molecule has 3 aromatic rings. The summed E-state index contributed by atoms with van der Waals surface area (Å²) in [5.74, 6) is 0.848. The Morgan fingerprint density at radius 1 is 1.00 bits per heavy atom. The predicted molar refractivity (Wildman–Crippen MR) is 151 cm³/mol. The number of nitrogens with one attached hydrogen (secondary N) is 1. The Labute approximate surface area is 226 Å². The monoisotopic (exact) mass is 512 g/mol. The van der Waals surface area contributed by atoms with Crippen LogP contribution in [0.4, 0.5) is 0 Å². The second-order valence-corrected chi connectivity index (χ2v) is 11.1. The Morgan fingerprint density at radius 3 is 2.55 bits per heavy atom. The fourth-order valence-electron chi connectivity index (χ4n) is 6.19. The summed E-state index contributed by atoms with van der Waals surface area (Å²) in [6.45, 7) is 6.58. The van der Waals surface area contributed by atoms with Crippen molar-refractivity contribution in [2.75, 3.05) is 6.54 Å². The molecule has 0 radical (unpaired) electrons. The van der Waals surface area contributed by atoms with Crippen molar-refractivity contribution in [1.29, 1.82) is 0 Å². The van der Waals surface area contributed by atoms with E-state index < -0.39 is 6.04 Å². The topological polar surface area (TPSA) is 75.2 Å². The van der Waals surface area contributed by atoms with Crippen molar-refractivity contribution in [1.82, 2.24) is 20.2 Å². The van der Waals surface area contributed by atoms with Crippen molar-refractivity contribution in [2.45, 2.75) is 84.2 Å². The molecular formula is C32H40N4O2. The van der Waals surface area contributed by atoms with Crippen molar-refractivity contribution in [3.05, 3.63) is 60.0 Å². The van der Waals surface area contributed by atoms with Gasteiger partial charge in [-0.2, -0.15) is 0 Å². The van der Waals surface area contributed by atoms with Gasteiger partial charge >= 0.3 is 0 Å². The van der Waals surface area contributed by atoms with E-state index in [0.29, 0.717) is 12.4 Å². The van der Waals surface area contributed by atoms with Gasteiger partial charge in [0, 0.05) is 18.0 Å². The van der Waals surface area contributed by atoms with Gasteiger partial charge < -0.3 is 10.2 Å². The summed E-state index contributed by atoms with van der Waals surface area (Å²) < 4.78 is 0. The summed E-state index contributed by atoms with van der Waals surface area (Å²) in [5, 5.41) is 5.52. The highest BCUT2D eigenvalue weighted by molar-refractivity contribution is 5.95. The summed E-state index contributed by atoms with van der Waals surface area (Å²) in [6.07, 6.45) is 8.00. The van der Waals surface area contributed by atoms with Crippen LogP contribution in [0.2, 0.25) is 0 Å². The van der Waals surface area contributed by atoms with E-state index in [-0.39, 0.29) is 29.7 Å². The molecule has 0 bridgehead atoms. The average Bonchev–Trinajstić information content (AvgIpc) is 3.45. The van der Waals surface area contributed by atoms with Gasteiger partial charge in [0.25, 0.3) is 0 Å². The fourth-order valence-corrected chi connectivity index (χ4v) is 6.19. The minimum absolute atomic E-state index is 0.0108.